The molecule has 9 heteroatoms. The number of fused-ring (bicyclic) bond motifs is 1. The Kier molecular flexibility index (Phi) is 6.82. The second-order valence-corrected chi connectivity index (χ2v) is 11.5. The molecule has 1 saturated carbocycles. The Bertz CT molecular complexity index is 1400. The van der Waals surface area contributed by atoms with Gasteiger partial charge in [-0.3, -0.25) is 9.36 Å². The lowest BCUT2D eigenvalue weighted by molar-refractivity contribution is -0.140. The number of piperidine rings is 1. The fourth-order valence-corrected chi connectivity index (χ4v) is 7.17. The number of nitrogens with one attached hydrogen (secondary N) is 2. The van der Waals surface area contributed by atoms with Crippen molar-refractivity contribution in [3.05, 3.63) is 64.2 Å². The molecule has 198 valence electrons. The van der Waals surface area contributed by atoms with Crippen LogP contribution in [-0.4, -0.2) is 44.0 Å². The van der Waals surface area contributed by atoms with E-state index in [1.807, 2.05) is 36.4 Å². The molecule has 2 atom stereocenters. The normalized spacial score (nSPS) is 21.9. The second kappa shape index (κ2) is 10.3. The lowest BCUT2D eigenvalue weighted by atomic mass is 9.62. The van der Waals surface area contributed by atoms with Crippen molar-refractivity contribution in [3.63, 3.8) is 0 Å². The highest BCUT2D eigenvalue weighted by molar-refractivity contribution is 9.12. The number of aromatic nitrogens is 3. The van der Waals surface area contributed by atoms with Crippen molar-refractivity contribution in [3.8, 4) is 5.69 Å². The molecule has 3 N–H and O–H groups in total. The quantitative estimate of drug-likeness (QED) is 0.364. The molecular weight excluding hydrogens is 546 g/mol. The van der Waals surface area contributed by atoms with E-state index in [1.165, 1.54) is 6.42 Å². The van der Waals surface area contributed by atoms with Gasteiger partial charge in [0.15, 0.2) is 11.4 Å². The van der Waals surface area contributed by atoms with Gasteiger partial charge >= 0.3 is 5.97 Å². The summed E-state index contributed by atoms with van der Waals surface area (Å²) in [6.07, 6.45) is 10.1. The molecule has 8 nitrogen and oxygen atoms in total. The van der Waals surface area contributed by atoms with Gasteiger partial charge in [-0.1, -0.05) is 37.8 Å². The van der Waals surface area contributed by atoms with Gasteiger partial charge in [0.2, 0.25) is 0 Å². The largest absolute Gasteiger partial charge is 0.480 e. The van der Waals surface area contributed by atoms with E-state index in [1.54, 1.807) is 6.20 Å². The van der Waals surface area contributed by atoms with E-state index in [4.69, 9.17) is 4.98 Å². The SMILES string of the molecule is O=C(O)[C@H](Cc1ccc(-n2c([C@@H]3CCCCN3)nc3cccnc32)cc1)NC1=C(Br)C(=O)C12CCCCC2. The number of halogens is 1. The number of carbonyl (C=O) groups is 2. The summed E-state index contributed by atoms with van der Waals surface area (Å²) in [4.78, 5) is 34.5. The van der Waals surface area contributed by atoms with Crippen LogP contribution in [0.25, 0.3) is 16.9 Å². The first-order chi connectivity index (χ1) is 18.5. The number of aliphatic carboxylic acids is 1. The van der Waals surface area contributed by atoms with E-state index < -0.39 is 17.4 Å². The number of allylic oxidation sites excluding steroid dienone is 2. The standard InChI is InChI=1S/C29H32BrN5O3/c30-23-24(29(25(23)36)13-3-1-4-14-29)33-22(28(37)38)17-18-9-11-19(12-10-18)35-26-21(8-6-16-32-26)34-27(35)20-7-2-5-15-31-20/h6,8-12,16,20,22,31,33H,1-5,7,13-15,17H2,(H,37,38)/t20-,22-/m0/s1. The number of Topliss-reactive ketones (excluding diaryl/α,β-unsaturated/α-hetero) is 1. The zero-order chi connectivity index (χ0) is 26.3. The van der Waals surface area contributed by atoms with Gasteiger partial charge in [0.25, 0.3) is 0 Å². The van der Waals surface area contributed by atoms with Crippen LogP contribution in [0.4, 0.5) is 0 Å². The molecule has 0 bridgehead atoms. The van der Waals surface area contributed by atoms with Crippen molar-refractivity contribution in [2.75, 3.05) is 6.54 Å². The highest BCUT2D eigenvalue weighted by Crippen LogP contribution is 2.53. The zero-order valence-electron chi connectivity index (χ0n) is 21.3. The third-order valence-electron chi connectivity index (χ3n) is 8.35. The average Bonchev–Trinajstić information content (AvgIpc) is 3.35. The molecule has 6 rings (SSSR count). The molecule has 0 unspecified atom stereocenters. The highest BCUT2D eigenvalue weighted by Gasteiger charge is 2.53. The first-order valence-electron chi connectivity index (χ1n) is 13.6. The topological polar surface area (TPSA) is 109 Å². The minimum atomic E-state index is -0.928. The van der Waals surface area contributed by atoms with Gasteiger partial charge in [0, 0.05) is 24.0 Å². The summed E-state index contributed by atoms with van der Waals surface area (Å²) in [5.74, 6) is 0.140. The average molecular weight is 579 g/mol. The van der Waals surface area contributed by atoms with E-state index in [9.17, 15) is 14.7 Å². The van der Waals surface area contributed by atoms with Crippen molar-refractivity contribution >= 4 is 38.8 Å². The van der Waals surface area contributed by atoms with E-state index in [0.29, 0.717) is 10.9 Å². The number of carboxylic acid groups (broad SMARTS) is 1. The third-order valence-corrected chi connectivity index (χ3v) is 9.11. The molecule has 1 saturated heterocycles. The Hall–Kier alpha value is -3.04. The Labute approximate surface area is 230 Å². The Balaban J connectivity index is 1.25. The minimum absolute atomic E-state index is 0.109. The fourth-order valence-electron chi connectivity index (χ4n) is 6.30. The maximum atomic E-state index is 12.7. The maximum Gasteiger partial charge on any atom is 0.326 e. The number of carboxylic acids is 1. The molecule has 2 fully saturated rings. The Morgan fingerprint density at radius 2 is 1.95 bits per heavy atom. The number of ketones is 1. The molecular formula is C29H32BrN5O3. The van der Waals surface area contributed by atoms with E-state index in [-0.39, 0.29) is 11.8 Å². The number of nitrogens with zero attached hydrogens (tertiary/aromatic N) is 3. The van der Waals surface area contributed by atoms with Gasteiger partial charge in [-0.15, -0.1) is 0 Å². The van der Waals surface area contributed by atoms with E-state index in [0.717, 1.165) is 85.4 Å². The predicted molar refractivity (Wildman–Crippen MR) is 148 cm³/mol. The van der Waals surface area contributed by atoms with Crippen molar-refractivity contribution in [2.45, 2.75) is 69.9 Å². The molecule has 1 spiro atoms. The van der Waals surface area contributed by atoms with Gasteiger partial charge in [-0.05, 0) is 78.0 Å². The maximum absolute atomic E-state index is 12.7. The number of carbonyl (C=O) groups excluding carboxylic acids is 1. The molecule has 0 amide bonds. The summed E-state index contributed by atoms with van der Waals surface area (Å²) in [5.41, 5.74) is 3.77. The summed E-state index contributed by atoms with van der Waals surface area (Å²) < 4.78 is 2.62. The molecule has 0 radical (unpaired) electrons. The van der Waals surface area contributed by atoms with Gasteiger partial charge in [0.1, 0.15) is 17.4 Å². The van der Waals surface area contributed by atoms with Crippen molar-refractivity contribution in [1.82, 2.24) is 25.2 Å². The van der Waals surface area contributed by atoms with Gasteiger partial charge in [-0.2, -0.15) is 0 Å². The van der Waals surface area contributed by atoms with Crippen LogP contribution in [-0.2, 0) is 16.0 Å². The molecule has 3 aromatic rings. The first-order valence-corrected chi connectivity index (χ1v) is 14.4. The molecule has 38 heavy (non-hydrogen) atoms. The van der Waals surface area contributed by atoms with Gasteiger partial charge in [0.05, 0.1) is 15.9 Å². The van der Waals surface area contributed by atoms with Crippen molar-refractivity contribution < 1.29 is 14.7 Å². The van der Waals surface area contributed by atoms with Crippen LogP contribution in [0.5, 0.6) is 0 Å². The molecule has 1 aromatic carbocycles. The molecule has 3 aliphatic rings. The smallest absolute Gasteiger partial charge is 0.326 e. The van der Waals surface area contributed by atoms with Crippen LogP contribution in [0.3, 0.4) is 0 Å². The van der Waals surface area contributed by atoms with Crippen LogP contribution < -0.4 is 10.6 Å². The van der Waals surface area contributed by atoms with Crippen LogP contribution in [0, 0.1) is 5.41 Å². The second-order valence-electron chi connectivity index (χ2n) is 10.7. The zero-order valence-corrected chi connectivity index (χ0v) is 22.8. The number of imidazole rings is 1. The van der Waals surface area contributed by atoms with Crippen LogP contribution >= 0.6 is 15.9 Å². The van der Waals surface area contributed by atoms with Crippen LogP contribution in [0.2, 0.25) is 0 Å². The summed E-state index contributed by atoms with van der Waals surface area (Å²) in [6.45, 7) is 0.975. The lowest BCUT2D eigenvalue weighted by Crippen LogP contribution is -2.53. The predicted octanol–water partition coefficient (Wildman–Crippen LogP) is 4.96. The van der Waals surface area contributed by atoms with Crippen LogP contribution in [0.15, 0.2) is 52.8 Å². The lowest BCUT2D eigenvalue weighted by Gasteiger charge is -2.46. The molecule has 2 aliphatic carbocycles. The Morgan fingerprint density at radius 1 is 1.16 bits per heavy atom. The number of rotatable bonds is 7. The molecule has 1 aliphatic heterocycles. The summed E-state index contributed by atoms with van der Waals surface area (Å²) in [5, 5.41) is 16.9. The summed E-state index contributed by atoms with van der Waals surface area (Å²) in [7, 11) is 0. The number of hydrogen-bond donors (Lipinski definition) is 3. The van der Waals surface area contributed by atoms with Gasteiger partial charge < -0.3 is 15.7 Å². The highest BCUT2D eigenvalue weighted by atomic mass is 79.9. The molecule has 2 aromatic heterocycles. The monoisotopic (exact) mass is 577 g/mol. The van der Waals surface area contributed by atoms with Crippen LogP contribution in [0.1, 0.15) is 68.8 Å². The third kappa shape index (κ3) is 4.35. The Morgan fingerprint density at radius 3 is 2.66 bits per heavy atom. The minimum Gasteiger partial charge on any atom is -0.480 e. The van der Waals surface area contributed by atoms with Gasteiger partial charge in [-0.25, -0.2) is 14.8 Å². The number of benzene rings is 1. The van der Waals surface area contributed by atoms with Crippen molar-refractivity contribution in [2.24, 2.45) is 5.41 Å². The fraction of sp³-hybridized carbons (Fsp3) is 0.448. The summed E-state index contributed by atoms with van der Waals surface area (Å²) in [6, 6.07) is 11.2. The van der Waals surface area contributed by atoms with E-state index in [2.05, 4.69) is 36.1 Å². The number of pyridine rings is 1. The van der Waals surface area contributed by atoms with Crippen molar-refractivity contribution in [1.29, 1.82) is 0 Å². The summed E-state index contributed by atoms with van der Waals surface area (Å²) >= 11 is 3.41. The first kappa shape index (κ1) is 25.2. The molecule has 3 heterocycles. The van der Waals surface area contributed by atoms with E-state index >= 15 is 0 Å². The number of hydrogen-bond acceptors (Lipinski definition) is 6.